The summed E-state index contributed by atoms with van der Waals surface area (Å²) in [4.78, 5) is 18.9. The van der Waals surface area contributed by atoms with Crippen molar-refractivity contribution in [1.82, 2.24) is 4.98 Å². The molecule has 2 aromatic rings. The Labute approximate surface area is 159 Å². The van der Waals surface area contributed by atoms with Crippen LogP contribution in [0.25, 0.3) is 0 Å². The lowest BCUT2D eigenvalue weighted by atomic mass is 10.1. The van der Waals surface area contributed by atoms with Crippen LogP contribution in [0.2, 0.25) is 0 Å². The fraction of sp³-hybridized carbons (Fsp3) is 0.429. The molecule has 2 unspecified atom stereocenters. The van der Waals surface area contributed by atoms with Gasteiger partial charge in [0.1, 0.15) is 11.9 Å². The van der Waals surface area contributed by atoms with E-state index in [-0.39, 0.29) is 17.8 Å². The van der Waals surface area contributed by atoms with E-state index >= 15 is 0 Å². The first-order chi connectivity index (χ1) is 13.1. The molecule has 3 rings (SSSR count). The number of anilines is 1. The highest BCUT2D eigenvalue weighted by Crippen LogP contribution is 2.20. The number of hydrogen-bond donors (Lipinski definition) is 0. The van der Waals surface area contributed by atoms with E-state index in [0.717, 1.165) is 31.6 Å². The Morgan fingerprint density at radius 2 is 2.11 bits per heavy atom. The molecule has 1 aromatic heterocycles. The maximum atomic E-state index is 13.3. The average Bonchev–Trinajstić information content (AvgIpc) is 2.72. The molecule has 0 saturated carbocycles. The number of ether oxygens (including phenoxy) is 2. The Morgan fingerprint density at radius 3 is 2.78 bits per heavy atom. The highest BCUT2D eigenvalue weighted by molar-refractivity contribution is 5.96. The normalized spacial score (nSPS) is 18.1. The van der Waals surface area contributed by atoms with Gasteiger partial charge in [-0.05, 0) is 62.6 Å². The van der Waals surface area contributed by atoms with Gasteiger partial charge >= 0.3 is 0 Å². The third-order valence-corrected chi connectivity index (χ3v) is 4.60. The van der Waals surface area contributed by atoms with Crippen LogP contribution in [-0.4, -0.2) is 36.3 Å². The largest absolute Gasteiger partial charge is 0.376 e. The summed E-state index contributed by atoms with van der Waals surface area (Å²) in [5.41, 5.74) is 1.36. The predicted molar refractivity (Wildman–Crippen MR) is 101 cm³/mol. The van der Waals surface area contributed by atoms with E-state index in [1.807, 2.05) is 18.2 Å². The average molecular weight is 372 g/mol. The van der Waals surface area contributed by atoms with Crippen molar-refractivity contribution in [2.24, 2.45) is 0 Å². The third kappa shape index (κ3) is 5.58. The molecule has 1 saturated heterocycles. The van der Waals surface area contributed by atoms with Crippen LogP contribution < -0.4 is 4.90 Å². The van der Waals surface area contributed by atoms with Gasteiger partial charge in [-0.3, -0.25) is 9.78 Å². The van der Waals surface area contributed by atoms with E-state index in [4.69, 9.17) is 9.47 Å². The molecule has 0 radical (unpaired) electrons. The molecule has 0 N–H and O–H groups in total. The molecule has 6 heteroatoms. The van der Waals surface area contributed by atoms with E-state index in [9.17, 15) is 9.18 Å². The van der Waals surface area contributed by atoms with Crippen molar-refractivity contribution in [1.29, 1.82) is 0 Å². The van der Waals surface area contributed by atoms with Gasteiger partial charge in [-0.25, -0.2) is 4.39 Å². The lowest BCUT2D eigenvalue weighted by Crippen LogP contribution is -2.40. The number of amides is 1. The SMILES string of the molecule is CC(OCC1CCCCO1)C(=O)N(Cc1ccccn1)c1ccc(F)cc1. The number of pyridine rings is 1. The van der Waals surface area contributed by atoms with E-state index < -0.39 is 6.10 Å². The van der Waals surface area contributed by atoms with Crippen LogP contribution in [0.15, 0.2) is 48.7 Å². The van der Waals surface area contributed by atoms with Gasteiger partial charge in [-0.2, -0.15) is 0 Å². The number of carbonyl (C=O) groups excluding carboxylic acids is 1. The molecule has 0 aliphatic carbocycles. The molecular weight excluding hydrogens is 347 g/mol. The molecule has 0 spiro atoms. The summed E-state index contributed by atoms with van der Waals surface area (Å²) < 4.78 is 24.8. The summed E-state index contributed by atoms with van der Waals surface area (Å²) in [5, 5.41) is 0. The molecule has 2 heterocycles. The molecule has 2 atom stereocenters. The summed E-state index contributed by atoms with van der Waals surface area (Å²) in [6, 6.07) is 11.4. The lowest BCUT2D eigenvalue weighted by Gasteiger charge is -2.28. The minimum atomic E-state index is -0.635. The van der Waals surface area contributed by atoms with E-state index in [1.54, 1.807) is 30.2 Å². The first-order valence-electron chi connectivity index (χ1n) is 9.33. The summed E-state index contributed by atoms with van der Waals surface area (Å²) in [6.45, 7) is 3.17. The molecular formula is C21H25FN2O3. The Balaban J connectivity index is 1.70. The van der Waals surface area contributed by atoms with Crippen molar-refractivity contribution in [2.45, 2.75) is 44.9 Å². The molecule has 1 amide bonds. The van der Waals surface area contributed by atoms with Gasteiger partial charge in [-0.1, -0.05) is 6.07 Å². The van der Waals surface area contributed by atoms with E-state index in [2.05, 4.69) is 4.98 Å². The summed E-state index contributed by atoms with van der Waals surface area (Å²) in [5.74, 6) is -0.536. The van der Waals surface area contributed by atoms with Gasteiger partial charge in [0.2, 0.25) is 0 Å². The zero-order valence-electron chi connectivity index (χ0n) is 15.5. The van der Waals surface area contributed by atoms with Gasteiger partial charge in [-0.15, -0.1) is 0 Å². The Kier molecular flexibility index (Phi) is 6.90. The van der Waals surface area contributed by atoms with Crippen LogP contribution in [0.4, 0.5) is 10.1 Å². The second kappa shape index (κ2) is 9.58. The van der Waals surface area contributed by atoms with Crippen molar-refractivity contribution in [3.8, 4) is 0 Å². The Morgan fingerprint density at radius 1 is 1.30 bits per heavy atom. The summed E-state index contributed by atoms with van der Waals surface area (Å²) in [6.07, 6.45) is 4.25. The highest BCUT2D eigenvalue weighted by atomic mass is 19.1. The molecule has 144 valence electrons. The van der Waals surface area contributed by atoms with Gasteiger partial charge in [0, 0.05) is 18.5 Å². The first-order valence-corrected chi connectivity index (χ1v) is 9.33. The molecule has 5 nitrogen and oxygen atoms in total. The number of halogens is 1. The van der Waals surface area contributed by atoms with Crippen LogP contribution in [-0.2, 0) is 20.8 Å². The summed E-state index contributed by atoms with van der Waals surface area (Å²) >= 11 is 0. The van der Waals surface area contributed by atoms with Gasteiger partial charge in [0.05, 0.1) is 24.9 Å². The number of hydrogen-bond acceptors (Lipinski definition) is 4. The number of rotatable bonds is 7. The molecule has 1 fully saturated rings. The molecule has 1 aliphatic heterocycles. The van der Waals surface area contributed by atoms with Gasteiger partial charge < -0.3 is 14.4 Å². The Bertz CT molecular complexity index is 718. The standard InChI is InChI=1S/C21H25FN2O3/c1-16(27-15-20-7-3-5-13-26-20)21(25)24(14-18-6-2-4-12-23-18)19-10-8-17(22)9-11-19/h2,4,6,8-12,16,20H,3,5,7,13-15H2,1H3. The predicted octanol–water partition coefficient (Wildman–Crippen LogP) is 3.73. The zero-order valence-corrected chi connectivity index (χ0v) is 15.5. The van der Waals surface area contributed by atoms with Crippen molar-refractivity contribution >= 4 is 11.6 Å². The summed E-state index contributed by atoms with van der Waals surface area (Å²) in [7, 11) is 0. The van der Waals surface area contributed by atoms with Gasteiger partial charge in [0.25, 0.3) is 5.91 Å². The van der Waals surface area contributed by atoms with E-state index in [0.29, 0.717) is 18.8 Å². The molecule has 1 aromatic carbocycles. The van der Waals surface area contributed by atoms with Gasteiger partial charge in [0.15, 0.2) is 0 Å². The van der Waals surface area contributed by atoms with Crippen LogP contribution in [0.3, 0.4) is 0 Å². The molecule has 27 heavy (non-hydrogen) atoms. The van der Waals surface area contributed by atoms with Crippen LogP contribution in [0, 0.1) is 5.82 Å². The second-order valence-electron chi connectivity index (χ2n) is 6.69. The quantitative estimate of drug-likeness (QED) is 0.743. The topological polar surface area (TPSA) is 51.7 Å². The van der Waals surface area contributed by atoms with Crippen LogP contribution in [0.1, 0.15) is 31.9 Å². The first kappa shape index (κ1) is 19.5. The maximum absolute atomic E-state index is 13.3. The molecule has 0 bridgehead atoms. The number of benzene rings is 1. The number of carbonyl (C=O) groups is 1. The van der Waals surface area contributed by atoms with Crippen molar-refractivity contribution in [3.05, 3.63) is 60.2 Å². The second-order valence-corrected chi connectivity index (χ2v) is 6.69. The maximum Gasteiger partial charge on any atom is 0.256 e. The van der Waals surface area contributed by atoms with E-state index in [1.165, 1.54) is 12.1 Å². The van der Waals surface area contributed by atoms with Crippen molar-refractivity contribution in [3.63, 3.8) is 0 Å². The number of nitrogens with zero attached hydrogens (tertiary/aromatic N) is 2. The highest BCUT2D eigenvalue weighted by Gasteiger charge is 2.25. The zero-order chi connectivity index (χ0) is 19.1. The lowest BCUT2D eigenvalue weighted by molar-refractivity contribution is -0.133. The van der Waals surface area contributed by atoms with Crippen molar-refractivity contribution < 1.29 is 18.7 Å². The number of aromatic nitrogens is 1. The minimum Gasteiger partial charge on any atom is -0.376 e. The smallest absolute Gasteiger partial charge is 0.256 e. The van der Waals surface area contributed by atoms with Crippen molar-refractivity contribution in [2.75, 3.05) is 18.1 Å². The van der Waals surface area contributed by atoms with Crippen LogP contribution >= 0.6 is 0 Å². The fourth-order valence-electron chi connectivity index (χ4n) is 3.05. The Hall–Kier alpha value is -2.31. The minimum absolute atomic E-state index is 0.0454. The van der Waals surface area contributed by atoms with Crippen LogP contribution in [0.5, 0.6) is 0 Å². The third-order valence-electron chi connectivity index (χ3n) is 4.60. The monoisotopic (exact) mass is 372 g/mol. The molecule has 1 aliphatic rings. The fourth-order valence-corrected chi connectivity index (χ4v) is 3.05.